The van der Waals surface area contributed by atoms with Gasteiger partial charge in [-0.05, 0) is 12.5 Å². The van der Waals surface area contributed by atoms with Crippen molar-refractivity contribution >= 4 is 11.6 Å². The molecule has 0 aliphatic heterocycles. The second kappa shape index (κ2) is 8.28. The van der Waals surface area contributed by atoms with Crippen LogP contribution in [0.25, 0.3) is 0 Å². The molecule has 0 aliphatic rings. The first kappa shape index (κ1) is 16.1. The van der Waals surface area contributed by atoms with E-state index in [9.17, 15) is 0 Å². The first-order chi connectivity index (χ1) is 9.08. The summed E-state index contributed by atoms with van der Waals surface area (Å²) in [4.78, 5) is 0. The monoisotopic (exact) mass is 285 g/mol. The lowest BCUT2D eigenvalue weighted by atomic mass is 10.1. The number of halogens is 1. The summed E-state index contributed by atoms with van der Waals surface area (Å²) in [6.45, 7) is 7.78. The van der Waals surface area contributed by atoms with E-state index in [1.165, 1.54) is 0 Å². The average molecular weight is 286 g/mol. The van der Waals surface area contributed by atoms with E-state index in [4.69, 9.17) is 21.1 Å². The molecule has 4 heteroatoms. The molecular formula is C15H24ClNO2. The number of rotatable bonds is 8. The van der Waals surface area contributed by atoms with E-state index in [2.05, 4.69) is 26.1 Å². The highest BCUT2D eigenvalue weighted by molar-refractivity contribution is 6.30. The summed E-state index contributed by atoms with van der Waals surface area (Å²) in [5, 5.41) is 4.04. The van der Waals surface area contributed by atoms with Crippen LogP contribution in [-0.2, 0) is 6.54 Å². The topological polar surface area (TPSA) is 30.5 Å². The van der Waals surface area contributed by atoms with E-state index >= 15 is 0 Å². The van der Waals surface area contributed by atoms with Gasteiger partial charge in [-0.25, -0.2) is 0 Å². The van der Waals surface area contributed by atoms with Gasteiger partial charge in [-0.1, -0.05) is 38.8 Å². The number of benzene rings is 1. The van der Waals surface area contributed by atoms with Crippen molar-refractivity contribution in [2.75, 3.05) is 13.7 Å². The molecule has 0 amide bonds. The Bertz CT molecular complexity index is 394. The molecule has 0 spiro atoms. The number of hydrogen-bond acceptors (Lipinski definition) is 3. The van der Waals surface area contributed by atoms with E-state index in [0.29, 0.717) is 23.4 Å². The van der Waals surface area contributed by atoms with Crippen molar-refractivity contribution in [2.24, 2.45) is 0 Å². The molecular weight excluding hydrogens is 262 g/mol. The molecule has 0 aliphatic carbocycles. The molecule has 0 atom stereocenters. The van der Waals surface area contributed by atoms with Crippen LogP contribution in [-0.4, -0.2) is 19.8 Å². The van der Waals surface area contributed by atoms with Crippen LogP contribution < -0.4 is 14.8 Å². The molecule has 0 unspecified atom stereocenters. The molecule has 0 saturated carbocycles. The summed E-state index contributed by atoms with van der Waals surface area (Å²) in [5.74, 6) is 1.50. The molecule has 3 nitrogen and oxygen atoms in total. The predicted octanol–water partition coefficient (Wildman–Crippen LogP) is 4.03. The minimum Gasteiger partial charge on any atom is -0.493 e. The molecule has 0 saturated heterocycles. The Labute approximate surface area is 121 Å². The van der Waals surface area contributed by atoms with Crippen LogP contribution in [0.4, 0.5) is 0 Å². The number of hydrogen-bond donors (Lipinski definition) is 1. The van der Waals surface area contributed by atoms with E-state index in [0.717, 1.165) is 30.7 Å². The standard InChI is InChI=1S/C15H24ClNO2/c1-5-6-7-19-15-12(10-17-11(2)3)8-13(16)9-14(15)18-4/h8-9,11,17H,5-7,10H2,1-4H3. The van der Waals surface area contributed by atoms with Gasteiger partial charge in [-0.15, -0.1) is 0 Å². The summed E-state index contributed by atoms with van der Waals surface area (Å²) >= 11 is 6.11. The average Bonchev–Trinajstić information content (AvgIpc) is 2.37. The molecule has 108 valence electrons. The van der Waals surface area contributed by atoms with Crippen LogP contribution in [0.1, 0.15) is 39.2 Å². The van der Waals surface area contributed by atoms with Crippen molar-refractivity contribution in [1.29, 1.82) is 0 Å². The van der Waals surface area contributed by atoms with Crippen LogP contribution in [0.5, 0.6) is 11.5 Å². The minimum atomic E-state index is 0.411. The molecule has 0 heterocycles. The van der Waals surface area contributed by atoms with Crippen LogP contribution in [0, 0.1) is 0 Å². The molecule has 1 rings (SSSR count). The maximum atomic E-state index is 6.11. The Hall–Kier alpha value is -0.930. The van der Waals surface area contributed by atoms with Crippen LogP contribution in [0.3, 0.4) is 0 Å². The van der Waals surface area contributed by atoms with Gasteiger partial charge in [0.15, 0.2) is 11.5 Å². The summed E-state index contributed by atoms with van der Waals surface area (Å²) < 4.78 is 11.2. The maximum absolute atomic E-state index is 6.11. The minimum absolute atomic E-state index is 0.411. The molecule has 0 fully saturated rings. The fourth-order valence-corrected chi connectivity index (χ4v) is 1.93. The zero-order valence-corrected chi connectivity index (χ0v) is 13.0. The number of unbranched alkanes of at least 4 members (excludes halogenated alkanes) is 1. The highest BCUT2D eigenvalue weighted by Gasteiger charge is 2.13. The van der Waals surface area contributed by atoms with Crippen molar-refractivity contribution in [3.63, 3.8) is 0 Å². The van der Waals surface area contributed by atoms with Crippen molar-refractivity contribution in [2.45, 2.75) is 46.2 Å². The molecule has 0 radical (unpaired) electrons. The first-order valence-corrected chi connectivity index (χ1v) is 7.18. The Kier molecular flexibility index (Phi) is 7.03. The summed E-state index contributed by atoms with van der Waals surface area (Å²) in [6.07, 6.45) is 2.14. The Morgan fingerprint density at radius 2 is 2.05 bits per heavy atom. The highest BCUT2D eigenvalue weighted by Crippen LogP contribution is 2.35. The second-order valence-corrected chi connectivity index (χ2v) is 5.27. The zero-order valence-electron chi connectivity index (χ0n) is 12.3. The highest BCUT2D eigenvalue weighted by atomic mass is 35.5. The SMILES string of the molecule is CCCCOc1c(CNC(C)C)cc(Cl)cc1OC. The fourth-order valence-electron chi connectivity index (χ4n) is 1.70. The number of methoxy groups -OCH3 is 1. The van der Waals surface area contributed by atoms with Gasteiger partial charge in [-0.3, -0.25) is 0 Å². The fraction of sp³-hybridized carbons (Fsp3) is 0.600. The van der Waals surface area contributed by atoms with E-state index in [-0.39, 0.29) is 0 Å². The Balaban J connectivity index is 2.92. The third kappa shape index (κ3) is 5.29. The van der Waals surface area contributed by atoms with Crippen molar-refractivity contribution in [1.82, 2.24) is 5.32 Å². The number of nitrogens with one attached hydrogen (secondary N) is 1. The molecule has 1 aromatic rings. The second-order valence-electron chi connectivity index (χ2n) is 4.83. The lowest BCUT2D eigenvalue weighted by Crippen LogP contribution is -2.22. The van der Waals surface area contributed by atoms with Gasteiger partial charge >= 0.3 is 0 Å². The summed E-state index contributed by atoms with van der Waals surface area (Å²) in [7, 11) is 1.64. The van der Waals surface area contributed by atoms with Crippen LogP contribution in [0.2, 0.25) is 5.02 Å². The molecule has 1 aromatic carbocycles. The van der Waals surface area contributed by atoms with Gasteiger partial charge in [0.2, 0.25) is 0 Å². The first-order valence-electron chi connectivity index (χ1n) is 6.81. The quantitative estimate of drug-likeness (QED) is 0.732. The third-order valence-electron chi connectivity index (χ3n) is 2.76. The van der Waals surface area contributed by atoms with Crippen molar-refractivity contribution in [3.8, 4) is 11.5 Å². The summed E-state index contributed by atoms with van der Waals surface area (Å²) in [5.41, 5.74) is 1.04. The van der Waals surface area contributed by atoms with Gasteiger partial charge in [0.25, 0.3) is 0 Å². The molecule has 0 aromatic heterocycles. The lowest BCUT2D eigenvalue weighted by Gasteiger charge is -2.17. The normalized spacial score (nSPS) is 10.8. The third-order valence-corrected chi connectivity index (χ3v) is 2.98. The maximum Gasteiger partial charge on any atom is 0.165 e. The Morgan fingerprint density at radius 1 is 1.32 bits per heavy atom. The van der Waals surface area contributed by atoms with Crippen LogP contribution >= 0.6 is 11.6 Å². The zero-order chi connectivity index (χ0) is 14.3. The van der Waals surface area contributed by atoms with E-state index in [1.807, 2.05) is 6.07 Å². The van der Waals surface area contributed by atoms with E-state index in [1.54, 1.807) is 13.2 Å². The van der Waals surface area contributed by atoms with Crippen molar-refractivity contribution in [3.05, 3.63) is 22.7 Å². The smallest absolute Gasteiger partial charge is 0.165 e. The summed E-state index contributed by atoms with van der Waals surface area (Å²) in [6, 6.07) is 4.14. The number of ether oxygens (including phenoxy) is 2. The molecule has 1 N–H and O–H groups in total. The predicted molar refractivity (Wildman–Crippen MR) is 80.4 cm³/mol. The van der Waals surface area contributed by atoms with Crippen LogP contribution in [0.15, 0.2) is 12.1 Å². The van der Waals surface area contributed by atoms with Gasteiger partial charge < -0.3 is 14.8 Å². The van der Waals surface area contributed by atoms with Crippen molar-refractivity contribution < 1.29 is 9.47 Å². The molecule has 19 heavy (non-hydrogen) atoms. The van der Waals surface area contributed by atoms with Gasteiger partial charge in [0.1, 0.15) is 0 Å². The largest absolute Gasteiger partial charge is 0.493 e. The van der Waals surface area contributed by atoms with Gasteiger partial charge in [0.05, 0.1) is 13.7 Å². The molecule has 0 bridgehead atoms. The Morgan fingerprint density at radius 3 is 2.63 bits per heavy atom. The lowest BCUT2D eigenvalue weighted by molar-refractivity contribution is 0.284. The van der Waals surface area contributed by atoms with E-state index < -0.39 is 0 Å². The van der Waals surface area contributed by atoms with Gasteiger partial charge in [0, 0.05) is 29.2 Å². The van der Waals surface area contributed by atoms with Gasteiger partial charge in [-0.2, -0.15) is 0 Å².